The Balaban J connectivity index is 0.967. The maximum Gasteiger partial charge on any atom is 0.123 e. The minimum atomic E-state index is -0.240. The van der Waals surface area contributed by atoms with Gasteiger partial charge < -0.3 is 9.47 Å². The molecule has 0 N–H and O–H groups in total. The number of hydrogen-bond donors (Lipinski definition) is 0. The fourth-order valence-electron chi connectivity index (χ4n) is 8.41. The Kier molecular flexibility index (Phi) is 8.23. The molecular weight excluding hydrogens is 728 g/mol. The van der Waals surface area contributed by atoms with Crippen LogP contribution in [0.2, 0.25) is 0 Å². The largest absolute Gasteiger partial charge is 0.311 e. The van der Waals surface area contributed by atoms with Crippen molar-refractivity contribution < 1.29 is 4.39 Å². The van der Waals surface area contributed by atoms with E-state index in [9.17, 15) is 4.39 Å². The summed E-state index contributed by atoms with van der Waals surface area (Å²) >= 11 is 1.85. The molecule has 0 amide bonds. The highest BCUT2D eigenvalue weighted by Gasteiger charge is 2.16. The number of nitrogens with zero attached hydrogens (tertiary/aromatic N) is 2. The van der Waals surface area contributed by atoms with Crippen molar-refractivity contribution >= 4 is 70.4 Å². The first-order valence-corrected chi connectivity index (χ1v) is 20.3. The number of halogens is 1. The molecule has 0 radical (unpaired) electrons. The van der Waals surface area contributed by atoms with Crippen LogP contribution in [-0.4, -0.2) is 4.57 Å². The monoisotopic (exact) mass is 762 g/mol. The highest BCUT2D eigenvalue weighted by molar-refractivity contribution is 7.25. The average molecular weight is 763 g/mol. The summed E-state index contributed by atoms with van der Waals surface area (Å²) in [6, 6.07) is 74.5. The minimum Gasteiger partial charge on any atom is -0.311 e. The third-order valence-corrected chi connectivity index (χ3v) is 12.4. The zero-order chi connectivity index (χ0) is 38.6. The summed E-state index contributed by atoms with van der Waals surface area (Å²) in [5.41, 5.74) is 13.4. The van der Waals surface area contributed by atoms with Crippen LogP contribution in [0.15, 0.2) is 212 Å². The lowest BCUT2D eigenvalue weighted by Gasteiger charge is -2.26. The van der Waals surface area contributed by atoms with Gasteiger partial charge >= 0.3 is 0 Å². The first-order valence-electron chi connectivity index (χ1n) is 19.5. The summed E-state index contributed by atoms with van der Waals surface area (Å²) in [6.07, 6.45) is 0. The zero-order valence-electron chi connectivity index (χ0n) is 31.4. The van der Waals surface area contributed by atoms with Crippen LogP contribution in [0.3, 0.4) is 0 Å². The van der Waals surface area contributed by atoms with Crippen molar-refractivity contribution in [3.8, 4) is 39.1 Å². The first kappa shape index (κ1) is 34.0. The van der Waals surface area contributed by atoms with Crippen molar-refractivity contribution in [3.05, 3.63) is 218 Å². The minimum absolute atomic E-state index is 0.240. The predicted molar refractivity (Wildman–Crippen MR) is 245 cm³/mol. The van der Waals surface area contributed by atoms with Gasteiger partial charge in [-0.1, -0.05) is 115 Å². The predicted octanol–water partition coefficient (Wildman–Crippen LogP) is 15.8. The molecule has 11 aromatic rings. The quantitative estimate of drug-likeness (QED) is 0.157. The molecule has 0 aliphatic rings. The Bertz CT molecular complexity index is 3250. The van der Waals surface area contributed by atoms with E-state index in [0.29, 0.717) is 0 Å². The first-order chi connectivity index (χ1) is 28.6. The number of anilines is 3. The normalized spacial score (nSPS) is 11.5. The number of fused-ring (bicyclic) bond motifs is 6. The van der Waals surface area contributed by atoms with Gasteiger partial charge in [-0.25, -0.2) is 4.39 Å². The number of hydrogen-bond acceptors (Lipinski definition) is 2. The van der Waals surface area contributed by atoms with E-state index in [1.165, 1.54) is 54.6 Å². The third kappa shape index (κ3) is 5.94. The van der Waals surface area contributed by atoms with Crippen molar-refractivity contribution in [2.45, 2.75) is 0 Å². The van der Waals surface area contributed by atoms with E-state index in [2.05, 4.69) is 198 Å². The number of para-hydroxylation sites is 1. The Morgan fingerprint density at radius 2 is 0.810 bits per heavy atom. The Morgan fingerprint density at radius 1 is 0.345 bits per heavy atom. The SMILES string of the molecule is Fc1ccc(-n2c3ccccc3c3cc(-c4ccc(N(c5ccc(-c6ccccc6)cc5)c5ccc(-c6ccc7sc8ccccc8c7c6)cc5)cc4)ccc32)cc1. The van der Waals surface area contributed by atoms with Crippen LogP contribution in [0.25, 0.3) is 81.0 Å². The lowest BCUT2D eigenvalue weighted by molar-refractivity contribution is 0.627. The van der Waals surface area contributed by atoms with Crippen LogP contribution in [0, 0.1) is 5.82 Å². The molecule has 4 heteroatoms. The molecular formula is C54H35FN2S. The van der Waals surface area contributed by atoms with Crippen molar-refractivity contribution in [1.82, 2.24) is 4.57 Å². The van der Waals surface area contributed by atoms with Gasteiger partial charge in [0.15, 0.2) is 0 Å². The summed E-state index contributed by atoms with van der Waals surface area (Å²) in [7, 11) is 0. The number of rotatable bonds is 7. The topological polar surface area (TPSA) is 8.17 Å². The van der Waals surface area contributed by atoms with Gasteiger partial charge in [0.25, 0.3) is 0 Å². The summed E-state index contributed by atoms with van der Waals surface area (Å²) in [5.74, 6) is -0.240. The van der Waals surface area contributed by atoms with Gasteiger partial charge in [-0.15, -0.1) is 11.3 Å². The van der Waals surface area contributed by atoms with E-state index in [1.54, 1.807) is 0 Å². The maximum absolute atomic E-state index is 13.9. The molecule has 0 aliphatic carbocycles. The molecule has 0 saturated carbocycles. The lowest BCUT2D eigenvalue weighted by atomic mass is 10.0. The second kappa shape index (κ2) is 14.0. The molecule has 0 atom stereocenters. The van der Waals surface area contributed by atoms with Crippen molar-refractivity contribution in [3.63, 3.8) is 0 Å². The number of thiophene rings is 1. The standard InChI is InChI=1S/C54H35FN2S/c55-42-22-30-46(31-23-42)57-51-12-6-4-10-47(51)49-34-40(20-32-52(49)57)38-16-26-44(27-17-38)56(43-24-14-37(15-25-43)36-8-2-1-3-9-36)45-28-18-39(19-29-45)41-21-33-54-50(35-41)48-11-5-7-13-53(48)58-54/h1-35H. The molecule has 9 aromatic carbocycles. The van der Waals surface area contributed by atoms with E-state index in [4.69, 9.17) is 0 Å². The number of aromatic nitrogens is 1. The van der Waals surface area contributed by atoms with Gasteiger partial charge in [0.1, 0.15) is 5.82 Å². The smallest absolute Gasteiger partial charge is 0.123 e. The fourth-order valence-corrected chi connectivity index (χ4v) is 9.50. The van der Waals surface area contributed by atoms with Crippen molar-refractivity contribution in [2.75, 3.05) is 4.90 Å². The molecule has 11 rings (SSSR count). The molecule has 0 unspecified atom stereocenters. The second-order valence-corrected chi connectivity index (χ2v) is 15.8. The summed E-state index contributed by atoms with van der Waals surface area (Å²) in [4.78, 5) is 2.33. The van der Waals surface area contributed by atoms with E-state index < -0.39 is 0 Å². The second-order valence-electron chi connectivity index (χ2n) is 14.7. The van der Waals surface area contributed by atoms with Gasteiger partial charge in [-0.2, -0.15) is 0 Å². The maximum atomic E-state index is 13.9. The molecule has 0 saturated heterocycles. The van der Waals surface area contributed by atoms with Gasteiger partial charge in [0, 0.05) is 53.7 Å². The fraction of sp³-hybridized carbons (Fsp3) is 0. The molecule has 0 spiro atoms. The number of benzene rings is 9. The Hall–Kier alpha value is -7.27. The van der Waals surface area contributed by atoms with Gasteiger partial charge in [-0.3, -0.25) is 0 Å². The molecule has 2 aromatic heterocycles. The van der Waals surface area contributed by atoms with Crippen LogP contribution in [0.5, 0.6) is 0 Å². The summed E-state index contributed by atoms with van der Waals surface area (Å²) < 4.78 is 18.7. The van der Waals surface area contributed by atoms with Crippen molar-refractivity contribution in [1.29, 1.82) is 0 Å². The van der Waals surface area contributed by atoms with Gasteiger partial charge in [0.2, 0.25) is 0 Å². The summed E-state index contributed by atoms with van der Waals surface area (Å²) in [5, 5.41) is 4.94. The Labute approximate surface area is 339 Å². The van der Waals surface area contributed by atoms with E-state index in [0.717, 1.165) is 55.7 Å². The molecule has 0 aliphatic heterocycles. The van der Waals surface area contributed by atoms with Crippen LogP contribution in [-0.2, 0) is 0 Å². The van der Waals surface area contributed by atoms with Crippen LogP contribution < -0.4 is 4.90 Å². The van der Waals surface area contributed by atoms with Gasteiger partial charge in [0.05, 0.1) is 11.0 Å². The van der Waals surface area contributed by atoms with Crippen LogP contribution >= 0.6 is 11.3 Å². The molecule has 0 bridgehead atoms. The molecule has 2 nitrogen and oxygen atoms in total. The van der Waals surface area contributed by atoms with Crippen LogP contribution in [0.4, 0.5) is 21.5 Å². The molecule has 0 fully saturated rings. The van der Waals surface area contributed by atoms with Gasteiger partial charge in [-0.05, 0) is 130 Å². The Morgan fingerprint density at radius 3 is 1.47 bits per heavy atom. The van der Waals surface area contributed by atoms with E-state index in [1.807, 2.05) is 23.5 Å². The molecule has 274 valence electrons. The highest BCUT2D eigenvalue weighted by atomic mass is 32.1. The van der Waals surface area contributed by atoms with Crippen molar-refractivity contribution in [2.24, 2.45) is 0 Å². The highest BCUT2D eigenvalue weighted by Crippen LogP contribution is 2.41. The third-order valence-electron chi connectivity index (χ3n) is 11.3. The lowest BCUT2D eigenvalue weighted by Crippen LogP contribution is -2.09. The summed E-state index contributed by atoms with van der Waals surface area (Å²) in [6.45, 7) is 0. The van der Waals surface area contributed by atoms with Crippen LogP contribution in [0.1, 0.15) is 0 Å². The zero-order valence-corrected chi connectivity index (χ0v) is 32.2. The van der Waals surface area contributed by atoms with E-state index in [-0.39, 0.29) is 5.82 Å². The van der Waals surface area contributed by atoms with E-state index >= 15 is 0 Å². The molecule has 58 heavy (non-hydrogen) atoms. The average Bonchev–Trinajstić information content (AvgIpc) is 3.83. The molecule has 2 heterocycles.